The molecule has 0 amide bonds. The van der Waals surface area contributed by atoms with Gasteiger partial charge in [-0.2, -0.15) is 0 Å². The van der Waals surface area contributed by atoms with Crippen molar-refractivity contribution in [3.8, 4) is 0 Å². The lowest BCUT2D eigenvalue weighted by molar-refractivity contribution is -0.137. The molecule has 0 aliphatic carbocycles. The summed E-state index contributed by atoms with van der Waals surface area (Å²) in [6.45, 7) is 13.9. The molecular weight excluding hydrogens is 532 g/mol. The Morgan fingerprint density at radius 2 is 1.69 bits per heavy atom. The Balaban J connectivity index is 1.80. The second kappa shape index (κ2) is 9.94. The minimum absolute atomic E-state index is 0.0817. The van der Waals surface area contributed by atoms with Gasteiger partial charge in [0.05, 0.1) is 33.9 Å². The first kappa shape index (κ1) is 27.4. The van der Waals surface area contributed by atoms with Gasteiger partial charge in [-0.05, 0) is 74.1 Å². The number of hydrogen-bond acceptors (Lipinski definition) is 6. The van der Waals surface area contributed by atoms with Crippen LogP contribution in [-0.2, 0) is 9.53 Å². The van der Waals surface area contributed by atoms with Crippen LogP contribution in [0.1, 0.15) is 119 Å². The van der Waals surface area contributed by atoms with Crippen LogP contribution in [0.3, 0.4) is 0 Å². The van der Waals surface area contributed by atoms with E-state index in [0.29, 0.717) is 28.7 Å². The third-order valence-electron chi connectivity index (χ3n) is 8.91. The summed E-state index contributed by atoms with van der Waals surface area (Å²) in [5, 5.41) is 9.51. The van der Waals surface area contributed by atoms with Crippen LogP contribution in [0.4, 0.5) is 0 Å². The Morgan fingerprint density at radius 1 is 1.00 bits per heavy atom. The maximum Gasteiger partial charge on any atom is 0.349 e. The van der Waals surface area contributed by atoms with E-state index in [9.17, 15) is 19.5 Å². The quantitative estimate of drug-likeness (QED) is 0.266. The van der Waals surface area contributed by atoms with Gasteiger partial charge in [-0.15, -0.1) is 0 Å². The molecule has 8 bridgehead atoms. The van der Waals surface area contributed by atoms with Crippen LogP contribution in [0.25, 0.3) is 33.3 Å². The number of carboxylic acid groups (broad SMARTS) is 1. The zero-order valence-electron chi connectivity index (χ0n) is 24.3. The predicted octanol–water partition coefficient (Wildman–Crippen LogP) is 6.87. The van der Waals surface area contributed by atoms with E-state index in [1.54, 1.807) is 6.08 Å². The molecule has 214 valence electrons. The van der Waals surface area contributed by atoms with Gasteiger partial charge in [0.15, 0.2) is 0 Å². The molecule has 0 saturated heterocycles. The zero-order valence-corrected chi connectivity index (χ0v) is 24.3. The number of aryl methyl sites for hydroxylation is 1. The highest BCUT2D eigenvalue weighted by molar-refractivity contribution is 6.18. The number of aromatic nitrogens is 4. The van der Waals surface area contributed by atoms with Crippen LogP contribution in [-0.4, -0.2) is 43.0 Å². The van der Waals surface area contributed by atoms with Crippen molar-refractivity contribution in [2.45, 2.75) is 65.7 Å². The number of carbonyl (C=O) groups excluding carboxylic acids is 2. The molecule has 4 aliphatic heterocycles. The summed E-state index contributed by atoms with van der Waals surface area (Å²) in [6.07, 6.45) is 2.75. The molecule has 42 heavy (non-hydrogen) atoms. The Labute approximate surface area is 242 Å². The highest BCUT2D eigenvalue weighted by Gasteiger charge is 2.38. The van der Waals surface area contributed by atoms with Gasteiger partial charge in [-0.25, -0.2) is 19.6 Å². The van der Waals surface area contributed by atoms with Crippen molar-refractivity contribution in [2.24, 2.45) is 0 Å². The second-order valence-electron chi connectivity index (χ2n) is 11.2. The number of carbonyl (C=O) groups is 3. The number of H-pyrrole nitrogens is 2. The van der Waals surface area contributed by atoms with Crippen LogP contribution in [0, 0.1) is 6.92 Å². The fourth-order valence-electron chi connectivity index (χ4n) is 6.51. The number of rotatable bonds is 5. The number of fused-ring (bicyclic) bond motifs is 8. The fourth-order valence-corrected chi connectivity index (χ4v) is 6.51. The molecule has 0 spiro atoms. The first-order chi connectivity index (χ1) is 20.0. The normalized spacial score (nSPS) is 18.8. The van der Waals surface area contributed by atoms with Gasteiger partial charge in [0, 0.05) is 40.7 Å². The zero-order chi connectivity index (χ0) is 30.0. The first-order valence-electron chi connectivity index (χ1n) is 14.1. The van der Waals surface area contributed by atoms with E-state index in [2.05, 4.69) is 23.5 Å². The Hall–Kier alpha value is -4.79. The summed E-state index contributed by atoms with van der Waals surface area (Å²) in [6, 6.07) is 5.84. The molecule has 0 fully saturated rings. The summed E-state index contributed by atoms with van der Waals surface area (Å²) in [5.74, 6) is -2.92. The lowest BCUT2D eigenvalue weighted by Crippen LogP contribution is -2.21. The molecule has 6 rings (SSSR count). The lowest BCUT2D eigenvalue weighted by atomic mass is 9.85. The summed E-state index contributed by atoms with van der Waals surface area (Å²) >= 11 is 0. The van der Waals surface area contributed by atoms with E-state index < -0.39 is 17.9 Å². The van der Waals surface area contributed by atoms with Crippen LogP contribution in [0.5, 0.6) is 0 Å². The van der Waals surface area contributed by atoms with Crippen LogP contribution in [0.15, 0.2) is 30.9 Å². The minimum atomic E-state index is -0.926. The first-order valence-corrected chi connectivity index (χ1v) is 14.1. The molecule has 2 aromatic rings. The smallest absolute Gasteiger partial charge is 0.349 e. The highest BCUT2D eigenvalue weighted by atomic mass is 16.6. The van der Waals surface area contributed by atoms with Gasteiger partial charge in [-0.3, -0.25) is 4.79 Å². The van der Waals surface area contributed by atoms with Crippen LogP contribution >= 0.6 is 0 Å². The number of nitrogens with zero attached hydrogens (tertiary/aromatic N) is 2. The molecule has 0 radical (unpaired) electrons. The number of cyclic esters (lactones) is 2. The summed E-state index contributed by atoms with van der Waals surface area (Å²) in [4.78, 5) is 54.7. The number of aromatic amines is 2. The molecule has 4 aliphatic rings. The number of aliphatic carboxylic acids is 1. The summed E-state index contributed by atoms with van der Waals surface area (Å²) in [5.41, 5.74) is 10.5. The minimum Gasteiger partial charge on any atom is -0.481 e. The molecule has 6 heterocycles. The topological polar surface area (TPSA) is 138 Å². The Kier molecular flexibility index (Phi) is 6.48. The highest BCUT2D eigenvalue weighted by Crippen LogP contribution is 2.44. The van der Waals surface area contributed by atoms with E-state index in [4.69, 9.17) is 14.7 Å². The van der Waals surface area contributed by atoms with Gasteiger partial charge < -0.3 is 19.8 Å². The average Bonchev–Trinajstić information content (AvgIpc) is 3.61. The van der Waals surface area contributed by atoms with E-state index in [1.807, 2.05) is 45.9 Å². The van der Waals surface area contributed by atoms with Gasteiger partial charge in [0.1, 0.15) is 5.56 Å². The molecular formula is C33H32N4O5. The standard InChI is InChI=1S/C33H32N4O5/c1-7-18-14(3)21-11-23-16(5)20(9-10-27(38)39)30(36-23)29-31-28(32(40)42-33(29)41)17(6)24(37-31)13-26-19(8-2)15(4)22(35-26)12-25(18)34-21/h7,11-13,16,20,36-37H,1,8-10H2,2-6H3,(H,38,39)/t16-,20-/m0/s1. The lowest BCUT2D eigenvalue weighted by Gasteiger charge is -2.19. The molecule has 9 nitrogen and oxygen atoms in total. The number of ether oxygens (including phenoxy) is 1. The monoisotopic (exact) mass is 564 g/mol. The molecule has 9 heteroatoms. The SMILES string of the molecule is C=CC1=C(C)c2cc3[nH]c(c4c5[nH]c(cc6nc(cc1n2)C(C)=C6CC)c(C)c5C(=O)OC4=O)[C@@H](CCC(=O)O)[C@@H]3C. The fraction of sp³-hybridized carbons (Fsp3) is 0.303. The van der Waals surface area contributed by atoms with E-state index in [1.165, 1.54) is 0 Å². The van der Waals surface area contributed by atoms with Crippen molar-refractivity contribution in [3.63, 3.8) is 0 Å². The number of esters is 2. The van der Waals surface area contributed by atoms with E-state index in [-0.39, 0.29) is 29.4 Å². The van der Waals surface area contributed by atoms with Gasteiger partial charge >= 0.3 is 17.9 Å². The van der Waals surface area contributed by atoms with Crippen molar-refractivity contribution in [2.75, 3.05) is 0 Å². The number of nitrogens with one attached hydrogen (secondary N) is 2. The second-order valence-corrected chi connectivity index (χ2v) is 11.2. The van der Waals surface area contributed by atoms with Crippen molar-refractivity contribution < 1.29 is 24.2 Å². The Bertz CT molecular complexity index is 1890. The van der Waals surface area contributed by atoms with Gasteiger partial charge in [0.2, 0.25) is 0 Å². The summed E-state index contributed by atoms with van der Waals surface area (Å²) < 4.78 is 5.27. The molecule has 2 atom stereocenters. The largest absolute Gasteiger partial charge is 0.481 e. The van der Waals surface area contributed by atoms with Crippen molar-refractivity contribution >= 4 is 51.2 Å². The number of allylic oxidation sites excluding steroid dienone is 5. The maximum absolute atomic E-state index is 13.4. The third kappa shape index (κ3) is 4.10. The van der Waals surface area contributed by atoms with Crippen LogP contribution < -0.4 is 0 Å². The van der Waals surface area contributed by atoms with E-state index >= 15 is 0 Å². The van der Waals surface area contributed by atoms with Crippen molar-refractivity contribution in [1.82, 2.24) is 19.9 Å². The van der Waals surface area contributed by atoms with Gasteiger partial charge in [0.25, 0.3) is 0 Å². The molecule has 0 saturated carbocycles. The van der Waals surface area contributed by atoms with Crippen molar-refractivity contribution in [1.29, 1.82) is 0 Å². The number of carboxylic acids is 1. The third-order valence-corrected chi connectivity index (χ3v) is 8.91. The number of hydrogen-bond donors (Lipinski definition) is 3. The molecule has 0 unspecified atom stereocenters. The van der Waals surface area contributed by atoms with E-state index in [0.717, 1.165) is 57.2 Å². The van der Waals surface area contributed by atoms with Gasteiger partial charge in [-0.1, -0.05) is 26.5 Å². The molecule has 0 aromatic carbocycles. The summed E-state index contributed by atoms with van der Waals surface area (Å²) in [7, 11) is 0. The molecule has 3 N–H and O–H groups in total. The average molecular weight is 565 g/mol. The predicted molar refractivity (Wildman–Crippen MR) is 160 cm³/mol. The van der Waals surface area contributed by atoms with Crippen molar-refractivity contribution in [3.05, 3.63) is 81.7 Å². The molecule has 2 aromatic heterocycles. The Morgan fingerprint density at radius 3 is 2.38 bits per heavy atom. The maximum atomic E-state index is 13.4. The van der Waals surface area contributed by atoms with Crippen LogP contribution in [0.2, 0.25) is 0 Å².